The van der Waals surface area contributed by atoms with E-state index in [9.17, 15) is 4.79 Å². The second-order valence-corrected chi connectivity index (χ2v) is 6.92. The summed E-state index contributed by atoms with van der Waals surface area (Å²) in [6.45, 7) is 2.56. The average Bonchev–Trinajstić information content (AvgIpc) is 3.00. The van der Waals surface area contributed by atoms with Crippen LogP contribution in [-0.4, -0.2) is 12.5 Å². The topological polar surface area (TPSA) is 68.3 Å². The van der Waals surface area contributed by atoms with Gasteiger partial charge in [0.1, 0.15) is 11.3 Å². The molecule has 0 radical (unpaired) electrons. The predicted octanol–water partition coefficient (Wildman–Crippen LogP) is 3.91. The number of benzene rings is 1. The van der Waals surface area contributed by atoms with Gasteiger partial charge in [0, 0.05) is 11.8 Å². The van der Waals surface area contributed by atoms with Crippen molar-refractivity contribution >= 4 is 16.9 Å². The van der Waals surface area contributed by atoms with Crippen LogP contribution in [0.2, 0.25) is 0 Å². The lowest BCUT2D eigenvalue weighted by Gasteiger charge is -2.35. The highest BCUT2D eigenvalue weighted by atomic mass is 16.3. The molecule has 4 nitrogen and oxygen atoms in total. The largest absolute Gasteiger partial charge is 0.459 e. The maximum absolute atomic E-state index is 12.5. The Morgan fingerprint density at radius 3 is 2.74 bits per heavy atom. The summed E-state index contributed by atoms with van der Waals surface area (Å²) < 4.78 is 5.83. The first-order valence-electron chi connectivity index (χ1n) is 8.60. The molecule has 1 aromatic carbocycles. The fourth-order valence-corrected chi connectivity index (χ4v) is 3.67. The molecule has 124 valence electrons. The summed E-state index contributed by atoms with van der Waals surface area (Å²) in [6, 6.07) is 9.76. The molecular formula is C19H26N2O2. The van der Waals surface area contributed by atoms with Gasteiger partial charge in [-0.25, -0.2) is 0 Å². The van der Waals surface area contributed by atoms with Crippen molar-refractivity contribution in [2.24, 2.45) is 11.1 Å². The van der Waals surface area contributed by atoms with Crippen molar-refractivity contribution in [2.45, 2.75) is 51.5 Å². The van der Waals surface area contributed by atoms with Crippen LogP contribution in [0.15, 0.2) is 34.7 Å². The summed E-state index contributed by atoms with van der Waals surface area (Å²) >= 11 is 0. The monoisotopic (exact) mass is 314 g/mol. The maximum Gasteiger partial charge on any atom is 0.221 e. The molecule has 1 heterocycles. The van der Waals surface area contributed by atoms with Gasteiger partial charge in [-0.2, -0.15) is 0 Å². The van der Waals surface area contributed by atoms with E-state index in [1.165, 1.54) is 19.3 Å². The molecule has 3 rings (SSSR count). The van der Waals surface area contributed by atoms with Crippen molar-refractivity contribution in [1.82, 2.24) is 5.32 Å². The molecule has 23 heavy (non-hydrogen) atoms. The summed E-state index contributed by atoms with van der Waals surface area (Å²) in [7, 11) is 0. The Hall–Kier alpha value is -1.81. The number of para-hydroxylation sites is 1. The van der Waals surface area contributed by atoms with Crippen LogP contribution in [0.1, 0.15) is 57.3 Å². The minimum Gasteiger partial charge on any atom is -0.459 e. The third-order valence-electron chi connectivity index (χ3n) is 5.13. The summed E-state index contributed by atoms with van der Waals surface area (Å²) in [5, 5.41) is 4.14. The molecule has 1 amide bonds. The maximum atomic E-state index is 12.5. The number of hydrogen-bond donors (Lipinski definition) is 2. The highest BCUT2D eigenvalue weighted by Crippen LogP contribution is 2.38. The van der Waals surface area contributed by atoms with Crippen LogP contribution in [0, 0.1) is 5.41 Å². The Morgan fingerprint density at radius 1 is 1.30 bits per heavy atom. The van der Waals surface area contributed by atoms with E-state index in [-0.39, 0.29) is 17.4 Å². The molecule has 1 fully saturated rings. The first-order valence-corrected chi connectivity index (χ1v) is 8.60. The summed E-state index contributed by atoms with van der Waals surface area (Å²) in [5.74, 6) is 0.871. The zero-order valence-electron chi connectivity index (χ0n) is 13.8. The second-order valence-electron chi connectivity index (χ2n) is 6.92. The van der Waals surface area contributed by atoms with E-state index in [2.05, 4.69) is 5.32 Å². The van der Waals surface area contributed by atoms with Gasteiger partial charge in [-0.05, 0) is 43.9 Å². The number of hydrogen-bond acceptors (Lipinski definition) is 3. The Morgan fingerprint density at radius 2 is 2.04 bits per heavy atom. The molecule has 1 atom stereocenters. The highest BCUT2D eigenvalue weighted by molar-refractivity contribution is 5.79. The standard InChI is InChI=1S/C19H26N2O2/c1-14(17-11-15-7-3-4-8-16(15)23-17)21-18(22)12-19(13-20)9-5-2-6-10-19/h3-4,7-8,11,14H,2,5-6,9-10,12-13,20H2,1H3,(H,21,22). The highest BCUT2D eigenvalue weighted by Gasteiger charge is 2.33. The summed E-state index contributed by atoms with van der Waals surface area (Å²) in [4.78, 5) is 12.5. The van der Waals surface area contributed by atoms with Crippen LogP contribution < -0.4 is 11.1 Å². The molecule has 0 aliphatic heterocycles. The predicted molar refractivity (Wildman–Crippen MR) is 92.0 cm³/mol. The second kappa shape index (κ2) is 6.75. The van der Waals surface area contributed by atoms with E-state index in [1.807, 2.05) is 37.3 Å². The lowest BCUT2D eigenvalue weighted by molar-refractivity contribution is -0.124. The van der Waals surface area contributed by atoms with Crippen LogP contribution in [0.25, 0.3) is 11.0 Å². The molecule has 2 aromatic rings. The molecule has 0 bridgehead atoms. The Balaban J connectivity index is 1.64. The third-order valence-corrected chi connectivity index (χ3v) is 5.13. The van der Waals surface area contributed by atoms with E-state index in [1.54, 1.807) is 0 Å². The van der Waals surface area contributed by atoms with Crippen LogP contribution in [0.3, 0.4) is 0 Å². The number of nitrogens with one attached hydrogen (secondary N) is 1. The van der Waals surface area contributed by atoms with Gasteiger partial charge in [-0.15, -0.1) is 0 Å². The fourth-order valence-electron chi connectivity index (χ4n) is 3.67. The smallest absolute Gasteiger partial charge is 0.221 e. The molecule has 3 N–H and O–H groups in total. The molecule has 0 spiro atoms. The van der Waals surface area contributed by atoms with Crippen molar-refractivity contribution in [3.63, 3.8) is 0 Å². The van der Waals surface area contributed by atoms with Gasteiger partial charge in [0.25, 0.3) is 0 Å². The van der Waals surface area contributed by atoms with Gasteiger partial charge in [0.2, 0.25) is 5.91 Å². The van der Waals surface area contributed by atoms with E-state index in [0.717, 1.165) is 29.6 Å². The number of amides is 1. The van der Waals surface area contributed by atoms with Crippen molar-refractivity contribution in [2.75, 3.05) is 6.54 Å². The Bertz CT molecular complexity index is 638. The fraction of sp³-hybridized carbons (Fsp3) is 0.526. The van der Waals surface area contributed by atoms with Crippen LogP contribution in [0.5, 0.6) is 0 Å². The van der Waals surface area contributed by atoms with Crippen LogP contribution in [-0.2, 0) is 4.79 Å². The number of furan rings is 1. The SMILES string of the molecule is CC(NC(=O)CC1(CN)CCCCC1)c1cc2ccccc2o1. The Kier molecular flexibility index (Phi) is 4.71. The van der Waals surface area contributed by atoms with Gasteiger partial charge >= 0.3 is 0 Å². The summed E-state index contributed by atoms with van der Waals surface area (Å²) in [5.41, 5.74) is 6.83. The van der Waals surface area contributed by atoms with E-state index in [0.29, 0.717) is 13.0 Å². The molecular weight excluding hydrogens is 288 g/mol. The van der Waals surface area contributed by atoms with Gasteiger partial charge < -0.3 is 15.5 Å². The first-order chi connectivity index (χ1) is 11.1. The van der Waals surface area contributed by atoms with Gasteiger partial charge in [-0.1, -0.05) is 37.5 Å². The minimum atomic E-state index is -0.131. The molecule has 4 heteroatoms. The lowest BCUT2D eigenvalue weighted by atomic mass is 9.71. The minimum absolute atomic E-state index is 0.00404. The van der Waals surface area contributed by atoms with E-state index in [4.69, 9.17) is 10.2 Å². The number of rotatable bonds is 5. The van der Waals surface area contributed by atoms with Crippen molar-refractivity contribution in [3.05, 3.63) is 36.1 Å². The molecule has 0 saturated heterocycles. The van der Waals surface area contributed by atoms with Gasteiger partial charge in [0.15, 0.2) is 0 Å². The normalized spacial score (nSPS) is 18.7. The average molecular weight is 314 g/mol. The zero-order chi connectivity index (χ0) is 16.3. The van der Waals surface area contributed by atoms with Crippen LogP contribution >= 0.6 is 0 Å². The van der Waals surface area contributed by atoms with E-state index >= 15 is 0 Å². The Labute approximate surface area is 137 Å². The van der Waals surface area contributed by atoms with Crippen molar-refractivity contribution in [1.29, 1.82) is 0 Å². The molecule has 1 saturated carbocycles. The number of carbonyl (C=O) groups excluding carboxylic acids is 1. The summed E-state index contributed by atoms with van der Waals surface area (Å²) in [6.07, 6.45) is 6.28. The number of nitrogens with two attached hydrogens (primary N) is 1. The number of carbonyl (C=O) groups is 1. The quantitative estimate of drug-likeness (QED) is 0.879. The first kappa shape index (κ1) is 16.1. The van der Waals surface area contributed by atoms with Gasteiger partial charge in [-0.3, -0.25) is 4.79 Å². The van der Waals surface area contributed by atoms with Crippen LogP contribution in [0.4, 0.5) is 0 Å². The molecule has 1 aliphatic carbocycles. The van der Waals surface area contributed by atoms with E-state index < -0.39 is 0 Å². The molecule has 1 aromatic heterocycles. The number of fused-ring (bicyclic) bond motifs is 1. The van der Waals surface area contributed by atoms with Crippen molar-refractivity contribution < 1.29 is 9.21 Å². The molecule has 1 unspecified atom stereocenters. The third kappa shape index (κ3) is 3.58. The molecule has 1 aliphatic rings. The van der Waals surface area contributed by atoms with Gasteiger partial charge in [0.05, 0.1) is 6.04 Å². The zero-order valence-corrected chi connectivity index (χ0v) is 13.8. The lowest BCUT2D eigenvalue weighted by Crippen LogP contribution is -2.39. The van der Waals surface area contributed by atoms with Crippen molar-refractivity contribution in [3.8, 4) is 0 Å².